The summed E-state index contributed by atoms with van der Waals surface area (Å²) in [7, 11) is 0. The number of aromatic amines is 1. The minimum atomic E-state index is -0.665. The molecule has 1 aromatic heterocycles. The van der Waals surface area contributed by atoms with Crippen LogP contribution >= 0.6 is 0 Å². The van der Waals surface area contributed by atoms with Gasteiger partial charge in [-0.05, 0) is 19.1 Å². The van der Waals surface area contributed by atoms with Crippen LogP contribution in [0.3, 0.4) is 0 Å². The fourth-order valence-corrected chi connectivity index (χ4v) is 1.29. The van der Waals surface area contributed by atoms with Crippen LogP contribution in [-0.4, -0.2) is 15.2 Å². The molecule has 1 unspecified atom stereocenters. The first kappa shape index (κ1) is 10.7. The maximum Gasteiger partial charge on any atom is 0.181 e. The molecule has 2 aromatic rings. The minimum Gasteiger partial charge on any atom is -0.322 e. The maximum absolute atomic E-state index is 12.9. The van der Waals surface area contributed by atoms with Gasteiger partial charge in [0, 0.05) is 11.6 Å². The van der Waals surface area contributed by atoms with Crippen LogP contribution in [0.2, 0.25) is 0 Å². The van der Waals surface area contributed by atoms with Crippen molar-refractivity contribution in [2.75, 3.05) is 0 Å². The maximum atomic E-state index is 12.9. The quantitative estimate of drug-likeness (QED) is 0.816. The van der Waals surface area contributed by atoms with E-state index in [2.05, 4.69) is 15.2 Å². The Morgan fingerprint density at radius 1 is 1.25 bits per heavy atom. The van der Waals surface area contributed by atoms with Gasteiger partial charge < -0.3 is 5.73 Å². The van der Waals surface area contributed by atoms with E-state index in [1.807, 2.05) is 0 Å². The zero-order valence-corrected chi connectivity index (χ0v) is 8.54. The third kappa shape index (κ3) is 2.06. The predicted octanol–water partition coefficient (Wildman–Crippen LogP) is 1.77. The van der Waals surface area contributed by atoms with Gasteiger partial charge in [-0.15, -0.1) is 0 Å². The molecule has 3 N–H and O–H groups in total. The average Bonchev–Trinajstić information content (AvgIpc) is 2.64. The van der Waals surface area contributed by atoms with Gasteiger partial charge in [-0.25, -0.2) is 13.8 Å². The first-order chi connectivity index (χ1) is 7.56. The topological polar surface area (TPSA) is 67.6 Å². The smallest absolute Gasteiger partial charge is 0.181 e. The lowest BCUT2D eigenvalue weighted by Gasteiger charge is -1.97. The second kappa shape index (κ2) is 3.97. The highest BCUT2D eigenvalue weighted by molar-refractivity contribution is 5.54. The van der Waals surface area contributed by atoms with Crippen molar-refractivity contribution in [3.05, 3.63) is 35.7 Å². The Balaban J connectivity index is 2.42. The Bertz CT molecular complexity index is 487. The largest absolute Gasteiger partial charge is 0.322 e. The van der Waals surface area contributed by atoms with Crippen molar-refractivity contribution in [1.29, 1.82) is 0 Å². The van der Waals surface area contributed by atoms with Crippen LogP contribution in [0.1, 0.15) is 18.8 Å². The van der Waals surface area contributed by atoms with Gasteiger partial charge >= 0.3 is 0 Å². The number of nitrogens with one attached hydrogen (secondary N) is 1. The molecule has 2 rings (SSSR count). The molecule has 0 amide bonds. The van der Waals surface area contributed by atoms with E-state index >= 15 is 0 Å². The summed E-state index contributed by atoms with van der Waals surface area (Å²) >= 11 is 0. The summed E-state index contributed by atoms with van der Waals surface area (Å²) in [5, 5.41) is 6.45. The summed E-state index contributed by atoms with van der Waals surface area (Å²) in [6, 6.07) is 2.82. The van der Waals surface area contributed by atoms with Crippen LogP contribution in [0.5, 0.6) is 0 Å². The van der Waals surface area contributed by atoms with Gasteiger partial charge in [-0.1, -0.05) is 0 Å². The minimum absolute atomic E-state index is 0.228. The fraction of sp³-hybridized carbons (Fsp3) is 0.200. The highest BCUT2D eigenvalue weighted by atomic mass is 19.1. The molecule has 0 aliphatic rings. The second-order valence-corrected chi connectivity index (χ2v) is 3.49. The molecule has 4 nitrogen and oxygen atoms in total. The lowest BCUT2D eigenvalue weighted by atomic mass is 10.2. The Kier molecular flexibility index (Phi) is 2.66. The standard InChI is InChI=1S/C10H10F2N4/c1-5(13)9-14-10(16-15-9)6-2-7(11)4-8(12)3-6/h2-5H,13H2,1H3,(H,14,15,16). The highest BCUT2D eigenvalue weighted by Crippen LogP contribution is 2.18. The fourth-order valence-electron chi connectivity index (χ4n) is 1.29. The van der Waals surface area contributed by atoms with E-state index in [1.165, 1.54) is 0 Å². The van der Waals surface area contributed by atoms with E-state index in [0.717, 1.165) is 18.2 Å². The molecule has 0 bridgehead atoms. The Hall–Kier alpha value is -1.82. The number of aromatic nitrogens is 3. The molecule has 0 saturated heterocycles. The molecule has 1 aromatic carbocycles. The lowest BCUT2D eigenvalue weighted by molar-refractivity contribution is 0.584. The van der Waals surface area contributed by atoms with Crippen LogP contribution in [-0.2, 0) is 0 Å². The molecule has 16 heavy (non-hydrogen) atoms. The number of nitrogens with zero attached hydrogens (tertiary/aromatic N) is 2. The zero-order valence-electron chi connectivity index (χ0n) is 8.54. The third-order valence-electron chi connectivity index (χ3n) is 2.05. The number of rotatable bonds is 2. The van der Waals surface area contributed by atoms with Crippen molar-refractivity contribution in [2.45, 2.75) is 13.0 Å². The van der Waals surface area contributed by atoms with E-state index in [-0.39, 0.29) is 17.4 Å². The van der Waals surface area contributed by atoms with Gasteiger partial charge in [0.05, 0.1) is 6.04 Å². The van der Waals surface area contributed by atoms with Gasteiger partial charge in [0.1, 0.15) is 17.5 Å². The summed E-state index contributed by atoms with van der Waals surface area (Å²) in [4.78, 5) is 4.04. The van der Waals surface area contributed by atoms with E-state index in [1.54, 1.807) is 6.92 Å². The van der Waals surface area contributed by atoms with Crippen molar-refractivity contribution >= 4 is 0 Å². The molecule has 0 aliphatic heterocycles. The first-order valence-corrected chi connectivity index (χ1v) is 4.70. The number of halogens is 2. The molecular formula is C10H10F2N4. The van der Waals surface area contributed by atoms with Crippen molar-refractivity contribution in [3.63, 3.8) is 0 Å². The third-order valence-corrected chi connectivity index (χ3v) is 2.05. The van der Waals surface area contributed by atoms with Gasteiger partial charge in [0.15, 0.2) is 5.82 Å². The molecule has 6 heteroatoms. The lowest BCUT2D eigenvalue weighted by Crippen LogP contribution is -2.06. The van der Waals surface area contributed by atoms with Crippen LogP contribution in [0.25, 0.3) is 11.4 Å². The summed E-state index contributed by atoms with van der Waals surface area (Å²) in [5.41, 5.74) is 5.86. The van der Waals surface area contributed by atoms with E-state index in [4.69, 9.17) is 5.73 Å². The summed E-state index contributed by atoms with van der Waals surface area (Å²) < 4.78 is 25.9. The van der Waals surface area contributed by atoms with Gasteiger partial charge in [-0.2, -0.15) is 5.10 Å². The normalized spacial score (nSPS) is 12.8. The van der Waals surface area contributed by atoms with Gasteiger partial charge in [0.25, 0.3) is 0 Å². The number of hydrogen-bond acceptors (Lipinski definition) is 3. The molecule has 0 aliphatic carbocycles. The molecule has 84 valence electrons. The number of benzene rings is 1. The SMILES string of the molecule is CC(N)c1nc(-c2cc(F)cc(F)c2)n[nH]1. The van der Waals surface area contributed by atoms with Crippen molar-refractivity contribution < 1.29 is 8.78 Å². The number of hydrogen-bond donors (Lipinski definition) is 2. The number of nitrogens with two attached hydrogens (primary N) is 1. The van der Waals surface area contributed by atoms with E-state index in [0.29, 0.717) is 5.82 Å². The summed E-state index contributed by atoms with van der Waals surface area (Å²) in [6.07, 6.45) is 0. The zero-order chi connectivity index (χ0) is 11.7. The molecule has 1 heterocycles. The average molecular weight is 224 g/mol. The predicted molar refractivity (Wildman–Crippen MR) is 54.3 cm³/mol. The van der Waals surface area contributed by atoms with E-state index < -0.39 is 11.6 Å². The van der Waals surface area contributed by atoms with Crippen molar-refractivity contribution in [3.8, 4) is 11.4 Å². The molecule has 1 atom stereocenters. The van der Waals surface area contributed by atoms with Crippen LogP contribution in [0.4, 0.5) is 8.78 Å². The van der Waals surface area contributed by atoms with Gasteiger partial charge in [0.2, 0.25) is 0 Å². The van der Waals surface area contributed by atoms with Crippen LogP contribution < -0.4 is 5.73 Å². The molecule has 0 radical (unpaired) electrons. The Morgan fingerprint density at radius 2 is 1.88 bits per heavy atom. The molecule has 0 fully saturated rings. The summed E-state index contributed by atoms with van der Waals surface area (Å²) in [6.45, 7) is 1.73. The Morgan fingerprint density at radius 3 is 2.38 bits per heavy atom. The monoisotopic (exact) mass is 224 g/mol. The van der Waals surface area contributed by atoms with Crippen LogP contribution in [0.15, 0.2) is 18.2 Å². The molecule has 0 spiro atoms. The molecule has 0 saturated carbocycles. The highest BCUT2D eigenvalue weighted by Gasteiger charge is 2.10. The van der Waals surface area contributed by atoms with Crippen LogP contribution in [0, 0.1) is 11.6 Å². The first-order valence-electron chi connectivity index (χ1n) is 4.70. The summed E-state index contributed by atoms with van der Waals surface area (Å²) in [5.74, 6) is -0.630. The van der Waals surface area contributed by atoms with Crippen molar-refractivity contribution in [2.24, 2.45) is 5.73 Å². The van der Waals surface area contributed by atoms with Crippen molar-refractivity contribution in [1.82, 2.24) is 15.2 Å². The van der Waals surface area contributed by atoms with Gasteiger partial charge in [-0.3, -0.25) is 5.10 Å². The van der Waals surface area contributed by atoms with E-state index in [9.17, 15) is 8.78 Å². The second-order valence-electron chi connectivity index (χ2n) is 3.49. The number of H-pyrrole nitrogens is 1. The molecular weight excluding hydrogens is 214 g/mol. The Labute approximate surface area is 90.5 Å².